The third kappa shape index (κ3) is 4.20. The molecule has 3 rings (SSSR count). The lowest BCUT2D eigenvalue weighted by molar-refractivity contribution is -0.117. The predicted molar refractivity (Wildman–Crippen MR) is 107 cm³/mol. The number of anilines is 2. The van der Waals surface area contributed by atoms with Crippen molar-refractivity contribution >= 4 is 58.1 Å². The molecule has 28 heavy (non-hydrogen) atoms. The summed E-state index contributed by atoms with van der Waals surface area (Å²) in [7, 11) is -7.58. The van der Waals surface area contributed by atoms with Crippen LogP contribution in [0, 0.1) is 0 Å². The average molecular weight is 465 g/mol. The van der Waals surface area contributed by atoms with Crippen LogP contribution in [0.4, 0.5) is 11.4 Å². The molecule has 0 radical (unpaired) electrons. The second kappa shape index (κ2) is 7.33. The van der Waals surface area contributed by atoms with Crippen molar-refractivity contribution in [3.63, 3.8) is 0 Å². The molecule has 2 N–H and O–H groups in total. The van der Waals surface area contributed by atoms with Gasteiger partial charge in [0.1, 0.15) is 6.29 Å². The number of amides is 1. The summed E-state index contributed by atoms with van der Waals surface area (Å²) in [5.74, 6) is -0.168. The maximum absolute atomic E-state index is 13.1. The fourth-order valence-electron chi connectivity index (χ4n) is 2.88. The van der Waals surface area contributed by atoms with Crippen LogP contribution in [0.5, 0.6) is 0 Å². The van der Waals surface area contributed by atoms with Crippen molar-refractivity contribution in [2.24, 2.45) is 0 Å². The Morgan fingerprint density at radius 3 is 2.32 bits per heavy atom. The first-order chi connectivity index (χ1) is 12.9. The molecule has 1 heterocycles. The number of hydrogen-bond donors (Lipinski definition) is 2. The van der Waals surface area contributed by atoms with Gasteiger partial charge in [0.25, 0.3) is 10.0 Å². The van der Waals surface area contributed by atoms with Crippen molar-refractivity contribution in [3.05, 3.63) is 52.0 Å². The molecule has 0 saturated heterocycles. The van der Waals surface area contributed by atoms with Gasteiger partial charge in [-0.1, -0.05) is 23.2 Å². The van der Waals surface area contributed by atoms with Crippen molar-refractivity contribution < 1.29 is 27.6 Å². The Morgan fingerprint density at radius 2 is 1.75 bits per heavy atom. The predicted octanol–water partition coefficient (Wildman–Crippen LogP) is 2.84. The minimum Gasteiger partial charge on any atom is -0.323 e. The van der Waals surface area contributed by atoms with E-state index in [1.165, 1.54) is 29.2 Å². The molecule has 0 aromatic heterocycles. The van der Waals surface area contributed by atoms with Gasteiger partial charge < -0.3 is 14.7 Å². The zero-order valence-corrected chi connectivity index (χ0v) is 17.6. The molecule has 1 aliphatic rings. The maximum atomic E-state index is 13.1. The molecule has 150 valence electrons. The number of fused-ring (bicyclic) bond motifs is 1. The molecule has 0 spiro atoms. The quantitative estimate of drug-likeness (QED) is 0.657. The highest BCUT2D eigenvalue weighted by molar-refractivity contribution is 7.93. The van der Waals surface area contributed by atoms with Gasteiger partial charge in [0.15, 0.2) is 0 Å². The van der Waals surface area contributed by atoms with Gasteiger partial charge in [-0.25, -0.2) is 8.42 Å². The van der Waals surface area contributed by atoms with E-state index in [-0.39, 0.29) is 33.0 Å². The Kier molecular flexibility index (Phi) is 5.53. The molecule has 0 bridgehead atoms. The molecule has 0 atom stereocenters. The zero-order chi connectivity index (χ0) is 20.9. The highest BCUT2D eigenvalue weighted by Gasteiger charge is 2.33. The van der Waals surface area contributed by atoms with Gasteiger partial charge in [0.05, 0.1) is 17.0 Å². The van der Waals surface area contributed by atoms with E-state index in [0.717, 1.165) is 12.1 Å². The molecule has 2 aromatic rings. The van der Waals surface area contributed by atoms with E-state index in [1.54, 1.807) is 7.05 Å². The van der Waals surface area contributed by atoms with E-state index in [9.17, 15) is 27.6 Å². The minimum absolute atomic E-state index is 0.0151. The smallest absolute Gasteiger partial charge is 0.323 e. The number of rotatable bonds is 5. The maximum Gasteiger partial charge on any atom is 0.345 e. The van der Waals surface area contributed by atoms with Crippen LogP contribution in [0.15, 0.2) is 41.3 Å². The molecule has 8 nitrogen and oxygen atoms in total. The second-order valence-electron chi connectivity index (χ2n) is 6.21. The number of halogens is 2. The molecule has 0 aliphatic carbocycles. The summed E-state index contributed by atoms with van der Waals surface area (Å²) < 4.78 is 38.5. The number of nitrogens with zero attached hydrogens (tertiary/aromatic N) is 2. The number of benzene rings is 2. The first kappa shape index (κ1) is 21.1. The van der Waals surface area contributed by atoms with E-state index < -0.39 is 23.9 Å². The Morgan fingerprint density at radius 1 is 1.14 bits per heavy atom. The molecule has 1 aliphatic heterocycles. The highest BCUT2D eigenvalue weighted by atomic mass is 35.5. The SMILES string of the molecule is CN1C(=O)Cc2cc(N(CP(=O)(O)O)S(=O)(=O)c3cc(Cl)cc(Cl)c3)ccc21. The van der Waals surface area contributed by atoms with Gasteiger partial charge in [-0.05, 0) is 42.0 Å². The molecular weight excluding hydrogens is 450 g/mol. The molecular formula is C16H15Cl2N2O6PS. The third-order valence-corrected chi connectivity index (χ3v) is 7.20. The van der Waals surface area contributed by atoms with Crippen molar-refractivity contribution in [1.29, 1.82) is 0 Å². The lowest BCUT2D eigenvalue weighted by Gasteiger charge is -2.25. The molecule has 12 heteroatoms. The van der Waals surface area contributed by atoms with Crippen molar-refractivity contribution in [2.45, 2.75) is 11.3 Å². The Hall–Kier alpha value is -1.61. The molecule has 0 unspecified atom stereocenters. The first-order valence-electron chi connectivity index (χ1n) is 7.81. The number of sulfonamides is 1. The number of carbonyl (C=O) groups excluding carboxylic acids is 1. The lowest BCUT2D eigenvalue weighted by Crippen LogP contribution is -2.32. The number of carbonyl (C=O) groups is 1. The van der Waals surface area contributed by atoms with Gasteiger partial charge >= 0.3 is 7.60 Å². The normalized spacial score (nSPS) is 14.3. The molecule has 0 saturated carbocycles. The van der Waals surface area contributed by atoms with Gasteiger partial charge in [0, 0.05) is 22.8 Å². The van der Waals surface area contributed by atoms with Crippen molar-refractivity contribution in [2.75, 3.05) is 22.5 Å². The molecule has 2 aromatic carbocycles. The summed E-state index contributed by atoms with van der Waals surface area (Å²) in [4.78, 5) is 31.9. The van der Waals surface area contributed by atoms with E-state index in [0.29, 0.717) is 15.6 Å². The summed E-state index contributed by atoms with van der Waals surface area (Å²) >= 11 is 11.8. The van der Waals surface area contributed by atoms with Crippen LogP contribution < -0.4 is 9.21 Å². The Balaban J connectivity index is 2.14. The summed E-state index contributed by atoms with van der Waals surface area (Å²) in [6, 6.07) is 7.96. The Labute approximate surface area is 171 Å². The summed E-state index contributed by atoms with van der Waals surface area (Å²) in [5.41, 5.74) is 1.18. The van der Waals surface area contributed by atoms with Gasteiger partial charge in [-0.2, -0.15) is 0 Å². The van der Waals surface area contributed by atoms with Gasteiger partial charge in [-0.3, -0.25) is 13.7 Å². The van der Waals surface area contributed by atoms with Crippen molar-refractivity contribution in [3.8, 4) is 0 Å². The largest absolute Gasteiger partial charge is 0.345 e. The minimum atomic E-state index is -4.77. The van der Waals surface area contributed by atoms with Gasteiger partial charge in [-0.15, -0.1) is 0 Å². The lowest BCUT2D eigenvalue weighted by atomic mass is 10.1. The van der Waals surface area contributed by atoms with Crippen LogP contribution in [0.1, 0.15) is 5.56 Å². The number of hydrogen-bond acceptors (Lipinski definition) is 4. The van der Waals surface area contributed by atoms with E-state index in [4.69, 9.17) is 23.2 Å². The van der Waals surface area contributed by atoms with Crippen LogP contribution in [-0.4, -0.2) is 37.4 Å². The van der Waals surface area contributed by atoms with E-state index in [2.05, 4.69) is 0 Å². The van der Waals surface area contributed by atoms with Gasteiger partial charge in [0.2, 0.25) is 5.91 Å². The monoisotopic (exact) mass is 464 g/mol. The summed E-state index contributed by atoms with van der Waals surface area (Å²) in [5, 5.41) is 0.117. The van der Waals surface area contributed by atoms with Crippen LogP contribution in [0.3, 0.4) is 0 Å². The fourth-order valence-corrected chi connectivity index (χ4v) is 6.29. The second-order valence-corrected chi connectivity index (χ2v) is 10.6. The van der Waals surface area contributed by atoms with E-state index >= 15 is 0 Å². The third-order valence-electron chi connectivity index (χ3n) is 4.16. The van der Waals surface area contributed by atoms with Crippen molar-refractivity contribution in [1.82, 2.24) is 0 Å². The van der Waals surface area contributed by atoms with E-state index in [1.807, 2.05) is 0 Å². The van der Waals surface area contributed by atoms with Crippen LogP contribution >= 0.6 is 30.8 Å². The van der Waals surface area contributed by atoms with Crippen LogP contribution in [-0.2, 0) is 25.8 Å². The average Bonchev–Trinajstić information content (AvgIpc) is 2.85. The molecule has 1 amide bonds. The number of likely N-dealkylation sites (N-methyl/N-ethyl adjacent to an activating group) is 1. The van der Waals surface area contributed by atoms with Crippen LogP contribution in [0.2, 0.25) is 10.0 Å². The molecule has 0 fully saturated rings. The fraction of sp³-hybridized carbons (Fsp3) is 0.188. The summed E-state index contributed by atoms with van der Waals surface area (Å²) in [6.45, 7) is 0. The first-order valence-corrected chi connectivity index (χ1v) is 11.8. The van der Waals surface area contributed by atoms with Crippen LogP contribution in [0.25, 0.3) is 0 Å². The zero-order valence-electron chi connectivity index (χ0n) is 14.4. The topological polar surface area (TPSA) is 115 Å². The highest BCUT2D eigenvalue weighted by Crippen LogP contribution is 2.41. The summed E-state index contributed by atoms with van der Waals surface area (Å²) in [6.07, 6.45) is -1.02. The standard InChI is InChI=1S/C16H15Cl2N2O6PS/c1-19-15-3-2-13(4-10(15)5-16(19)21)20(9-27(22,23)24)28(25,26)14-7-11(17)6-12(18)8-14/h2-4,6-8H,5,9H2,1H3,(H2,22,23,24). The Bertz CT molecular complexity index is 1100.